The second-order valence-electron chi connectivity index (χ2n) is 4.10. The first-order chi connectivity index (χ1) is 9.50. The second-order valence-corrected chi connectivity index (χ2v) is 6.72. The summed E-state index contributed by atoms with van der Waals surface area (Å²) in [4.78, 5) is 4.06. The Bertz CT molecular complexity index is 667. The van der Waals surface area contributed by atoms with Crippen LogP contribution in [0.4, 0.5) is 0 Å². The van der Waals surface area contributed by atoms with Gasteiger partial charge in [-0.1, -0.05) is 16.8 Å². The molecule has 2 aromatic rings. The summed E-state index contributed by atoms with van der Waals surface area (Å²) in [6.07, 6.45) is 0. The van der Waals surface area contributed by atoms with Gasteiger partial charge in [0.1, 0.15) is 5.75 Å². The fraction of sp³-hybridized carbons (Fsp3) is 0.333. The van der Waals surface area contributed by atoms with Gasteiger partial charge in [0.05, 0.1) is 12.4 Å². The quantitative estimate of drug-likeness (QED) is 0.810. The molecule has 0 fully saturated rings. The van der Waals surface area contributed by atoms with Crippen LogP contribution >= 0.6 is 11.6 Å². The zero-order chi connectivity index (χ0) is 14.6. The van der Waals surface area contributed by atoms with E-state index in [1.165, 1.54) is 7.11 Å². The van der Waals surface area contributed by atoms with E-state index in [9.17, 15) is 8.42 Å². The summed E-state index contributed by atoms with van der Waals surface area (Å²) in [6, 6.07) is 6.86. The highest BCUT2D eigenvalue weighted by molar-refractivity contribution is 7.90. The Hall–Kier alpha value is -1.44. The Labute approximate surface area is 121 Å². The normalized spacial score (nSPS) is 11.7. The van der Waals surface area contributed by atoms with Gasteiger partial charge in [-0.15, -0.1) is 0 Å². The molecule has 0 aliphatic carbocycles. The number of halogens is 1. The molecule has 1 aromatic heterocycles. The van der Waals surface area contributed by atoms with Gasteiger partial charge in [0, 0.05) is 17.7 Å². The van der Waals surface area contributed by atoms with Crippen LogP contribution in [0.3, 0.4) is 0 Å². The molecule has 1 heterocycles. The van der Waals surface area contributed by atoms with Crippen molar-refractivity contribution in [2.75, 3.05) is 19.5 Å². The summed E-state index contributed by atoms with van der Waals surface area (Å²) in [5, 5.41) is 4.35. The van der Waals surface area contributed by atoms with Crippen LogP contribution in [0, 0.1) is 0 Å². The lowest BCUT2D eigenvalue weighted by molar-refractivity contribution is 0.217. The van der Waals surface area contributed by atoms with Crippen molar-refractivity contribution < 1.29 is 17.7 Å². The first-order valence-electron chi connectivity index (χ1n) is 5.78. The summed E-state index contributed by atoms with van der Waals surface area (Å²) in [5.41, 5.74) is 0.707. The van der Waals surface area contributed by atoms with E-state index >= 15 is 0 Å². The molecule has 0 spiro atoms. The number of sulfone groups is 1. The zero-order valence-corrected chi connectivity index (χ0v) is 12.3. The van der Waals surface area contributed by atoms with E-state index in [1.54, 1.807) is 24.3 Å². The van der Waals surface area contributed by atoms with Crippen LogP contribution < -0.4 is 0 Å². The summed E-state index contributed by atoms with van der Waals surface area (Å²) in [7, 11) is -1.87. The van der Waals surface area contributed by atoms with E-state index in [1.807, 2.05) is 0 Å². The Balaban J connectivity index is 2.11. The number of hydrogen-bond acceptors (Lipinski definition) is 6. The van der Waals surface area contributed by atoms with Crippen molar-refractivity contribution >= 4 is 21.4 Å². The molecule has 0 bridgehead atoms. The highest BCUT2D eigenvalue weighted by Crippen LogP contribution is 2.19. The topological polar surface area (TPSA) is 82.3 Å². The van der Waals surface area contributed by atoms with Crippen LogP contribution in [0.5, 0.6) is 0 Å². The van der Waals surface area contributed by atoms with Crippen molar-refractivity contribution in [3.63, 3.8) is 0 Å². The molecule has 0 aliphatic rings. The van der Waals surface area contributed by atoms with Crippen LogP contribution in [0.2, 0.25) is 5.02 Å². The molecule has 0 atom stereocenters. The van der Waals surface area contributed by atoms with Crippen molar-refractivity contribution in [3.05, 3.63) is 35.2 Å². The van der Waals surface area contributed by atoms with Crippen molar-refractivity contribution in [1.29, 1.82) is 0 Å². The highest BCUT2D eigenvalue weighted by atomic mass is 35.5. The van der Waals surface area contributed by atoms with E-state index in [4.69, 9.17) is 20.9 Å². The molecule has 1 aromatic carbocycles. The summed E-state index contributed by atoms with van der Waals surface area (Å²) in [6.45, 7) is 0.139. The van der Waals surface area contributed by atoms with Crippen LogP contribution in [0.1, 0.15) is 5.89 Å². The highest BCUT2D eigenvalue weighted by Gasteiger charge is 2.17. The third-order valence-corrected chi connectivity index (χ3v) is 4.24. The fourth-order valence-electron chi connectivity index (χ4n) is 1.50. The molecule has 108 valence electrons. The van der Waals surface area contributed by atoms with Gasteiger partial charge in [-0.05, 0) is 24.3 Å². The second kappa shape index (κ2) is 6.34. The lowest BCUT2D eigenvalue weighted by atomic mass is 10.2. The van der Waals surface area contributed by atoms with Gasteiger partial charge in [0.15, 0.2) is 9.84 Å². The minimum absolute atomic E-state index is 0.0612. The number of ether oxygens (including phenoxy) is 1. The number of nitrogens with zero attached hydrogens (tertiary/aromatic N) is 2. The molecule has 0 unspecified atom stereocenters. The summed E-state index contributed by atoms with van der Waals surface area (Å²) in [5.74, 6) is 0.0173. The van der Waals surface area contributed by atoms with E-state index in [0.717, 1.165) is 0 Å². The third-order valence-electron chi connectivity index (χ3n) is 2.51. The fourth-order valence-corrected chi connectivity index (χ4v) is 2.68. The van der Waals surface area contributed by atoms with Crippen molar-refractivity contribution in [2.24, 2.45) is 0 Å². The minimum atomic E-state index is -3.31. The molecule has 6 nitrogen and oxygen atoms in total. The maximum absolute atomic E-state index is 11.7. The maximum atomic E-state index is 11.7. The van der Waals surface area contributed by atoms with Crippen molar-refractivity contribution in [3.8, 4) is 11.4 Å². The van der Waals surface area contributed by atoms with Gasteiger partial charge >= 0.3 is 0 Å². The molecule has 0 aliphatic heterocycles. The van der Waals surface area contributed by atoms with Gasteiger partial charge in [0.25, 0.3) is 0 Å². The molecular formula is C12H13ClN2O4S. The Kier molecular flexibility index (Phi) is 4.74. The zero-order valence-electron chi connectivity index (χ0n) is 10.7. The number of aromatic nitrogens is 2. The monoisotopic (exact) mass is 316 g/mol. The summed E-state index contributed by atoms with van der Waals surface area (Å²) >= 11 is 5.78. The molecule has 20 heavy (non-hydrogen) atoms. The molecule has 8 heteroatoms. The molecule has 0 amide bonds. The van der Waals surface area contributed by atoms with Gasteiger partial charge in [0.2, 0.25) is 11.7 Å². The Morgan fingerprint density at radius 2 is 2.00 bits per heavy atom. The first kappa shape index (κ1) is 15.0. The smallest absolute Gasteiger partial charge is 0.242 e. The summed E-state index contributed by atoms with van der Waals surface area (Å²) < 4.78 is 33.1. The number of benzene rings is 1. The Morgan fingerprint density at radius 3 is 2.65 bits per heavy atom. The van der Waals surface area contributed by atoms with Crippen LogP contribution in [-0.4, -0.2) is 38.0 Å². The molecule has 2 rings (SSSR count). The van der Waals surface area contributed by atoms with Gasteiger partial charge < -0.3 is 9.26 Å². The number of rotatable bonds is 6. The predicted molar refractivity (Wildman–Crippen MR) is 74.1 cm³/mol. The maximum Gasteiger partial charge on any atom is 0.242 e. The molecule has 0 saturated heterocycles. The van der Waals surface area contributed by atoms with Gasteiger partial charge in [-0.2, -0.15) is 4.98 Å². The standard InChI is InChI=1S/C12H13ClN2O4S/c1-18-6-7-20(16,17)8-11-14-12(15-19-11)9-2-4-10(13)5-3-9/h2-5H,6-8H2,1H3. The minimum Gasteiger partial charge on any atom is -0.384 e. The molecule has 0 saturated carbocycles. The van der Waals surface area contributed by atoms with Crippen molar-refractivity contribution in [1.82, 2.24) is 10.1 Å². The largest absolute Gasteiger partial charge is 0.384 e. The average molecular weight is 317 g/mol. The van der Waals surface area contributed by atoms with Crippen LogP contribution in [0.25, 0.3) is 11.4 Å². The Morgan fingerprint density at radius 1 is 1.30 bits per heavy atom. The van der Waals surface area contributed by atoms with Crippen LogP contribution in [-0.2, 0) is 20.3 Å². The van der Waals surface area contributed by atoms with Gasteiger partial charge in [-0.25, -0.2) is 8.42 Å². The van der Waals surface area contributed by atoms with E-state index in [0.29, 0.717) is 16.4 Å². The van der Waals surface area contributed by atoms with E-state index in [-0.39, 0.29) is 24.0 Å². The predicted octanol–water partition coefficient (Wildman–Crippen LogP) is 1.95. The lowest BCUT2D eigenvalue weighted by Crippen LogP contribution is -2.13. The molecule has 0 N–H and O–H groups in total. The van der Waals surface area contributed by atoms with Crippen LogP contribution in [0.15, 0.2) is 28.8 Å². The first-order valence-corrected chi connectivity index (χ1v) is 7.98. The number of hydrogen-bond donors (Lipinski definition) is 0. The number of methoxy groups -OCH3 is 1. The molecule has 0 radical (unpaired) electrons. The van der Waals surface area contributed by atoms with Crippen molar-refractivity contribution in [2.45, 2.75) is 5.75 Å². The SMILES string of the molecule is COCCS(=O)(=O)Cc1nc(-c2ccc(Cl)cc2)no1. The van der Waals surface area contributed by atoms with E-state index in [2.05, 4.69) is 10.1 Å². The third kappa shape index (κ3) is 4.03. The lowest BCUT2D eigenvalue weighted by Gasteiger charge is -1.99. The molecular weight excluding hydrogens is 304 g/mol. The average Bonchev–Trinajstić information content (AvgIpc) is 2.85. The van der Waals surface area contributed by atoms with Gasteiger partial charge in [-0.3, -0.25) is 0 Å². The van der Waals surface area contributed by atoms with E-state index < -0.39 is 9.84 Å².